The molecule has 0 amide bonds. The number of anilines is 2. The molecule has 7 nitrogen and oxygen atoms in total. The smallest absolute Gasteiger partial charge is 0.153 e. The third-order valence-corrected chi connectivity index (χ3v) is 5.21. The van der Waals surface area contributed by atoms with E-state index >= 15 is 0 Å². The average molecular weight is 411 g/mol. The molecule has 3 aromatic rings. The zero-order valence-electron chi connectivity index (χ0n) is 17.0. The maximum Gasteiger partial charge on any atom is 0.153 e. The summed E-state index contributed by atoms with van der Waals surface area (Å²) in [4.78, 5) is 12.0. The minimum absolute atomic E-state index is 0.374. The van der Waals surface area contributed by atoms with E-state index in [-0.39, 0.29) is 0 Å². The van der Waals surface area contributed by atoms with E-state index in [2.05, 4.69) is 16.3 Å². The molecule has 0 radical (unpaired) electrons. The van der Waals surface area contributed by atoms with Crippen molar-refractivity contribution in [2.24, 2.45) is 10.2 Å². The van der Waals surface area contributed by atoms with Crippen molar-refractivity contribution in [3.8, 4) is 6.07 Å². The molecule has 0 fully saturated rings. The van der Waals surface area contributed by atoms with Crippen molar-refractivity contribution >= 4 is 39.9 Å². The number of rotatable bonds is 6. The van der Waals surface area contributed by atoms with Gasteiger partial charge in [0.1, 0.15) is 5.71 Å². The molecule has 1 heterocycles. The largest absolute Gasteiger partial charge is 0.301 e. The lowest BCUT2D eigenvalue weighted by Gasteiger charge is -2.20. The molecule has 0 spiro atoms. The van der Waals surface area contributed by atoms with E-state index < -0.39 is 6.04 Å². The molecule has 0 bridgehead atoms. The number of aldehydes is 1. The Kier molecular flexibility index (Phi) is 5.74. The van der Waals surface area contributed by atoms with Crippen LogP contribution in [-0.4, -0.2) is 29.0 Å². The highest BCUT2D eigenvalue weighted by atomic mass is 16.5. The van der Waals surface area contributed by atoms with Crippen molar-refractivity contribution in [3.63, 3.8) is 0 Å². The minimum atomic E-state index is -0.755. The Balaban J connectivity index is 1.63. The Labute approximate surface area is 180 Å². The zero-order valence-corrected chi connectivity index (χ0v) is 17.0. The number of benzene rings is 3. The van der Waals surface area contributed by atoms with E-state index in [1.54, 1.807) is 18.0 Å². The van der Waals surface area contributed by atoms with Gasteiger partial charge in [-0.15, -0.1) is 10.3 Å². The van der Waals surface area contributed by atoms with Gasteiger partial charge >= 0.3 is 0 Å². The molecule has 0 aliphatic carbocycles. The summed E-state index contributed by atoms with van der Waals surface area (Å²) < 4.78 is 0. The molecular weight excluding hydrogens is 390 g/mol. The zero-order chi connectivity index (χ0) is 21.8. The molecule has 0 saturated heterocycles. The second kappa shape index (κ2) is 8.78. The van der Waals surface area contributed by atoms with E-state index in [0.717, 1.165) is 33.5 Å². The first-order valence-corrected chi connectivity index (χ1v) is 9.93. The minimum Gasteiger partial charge on any atom is -0.301 e. The lowest BCUT2D eigenvalue weighted by molar-refractivity contribution is -0.107. The predicted molar refractivity (Wildman–Crippen MR) is 121 cm³/mol. The van der Waals surface area contributed by atoms with E-state index in [1.165, 1.54) is 0 Å². The first-order chi connectivity index (χ1) is 15.1. The number of aryl methyl sites for hydroxylation is 1. The topological polar surface area (TPSA) is 92.3 Å². The summed E-state index contributed by atoms with van der Waals surface area (Å²) in [7, 11) is 0. The highest BCUT2D eigenvalue weighted by Gasteiger charge is 2.33. The highest BCUT2D eigenvalue weighted by molar-refractivity contribution is 6.48. The van der Waals surface area contributed by atoms with E-state index in [4.69, 9.17) is 5.26 Å². The van der Waals surface area contributed by atoms with Crippen molar-refractivity contribution in [3.05, 3.63) is 72.3 Å². The Hall–Kier alpha value is -4.02. The number of hydrogen-bond donors (Lipinski definition) is 1. The maximum atomic E-state index is 12.0. The van der Waals surface area contributed by atoms with Crippen LogP contribution < -0.4 is 10.2 Å². The van der Waals surface area contributed by atoms with Gasteiger partial charge in [0.2, 0.25) is 0 Å². The molecule has 0 saturated carbocycles. The molecule has 3 aromatic carbocycles. The fraction of sp³-hybridized carbons (Fsp3) is 0.167. The van der Waals surface area contributed by atoms with Crippen LogP contribution in [0.3, 0.4) is 0 Å². The van der Waals surface area contributed by atoms with Gasteiger partial charge in [-0.2, -0.15) is 10.4 Å². The van der Waals surface area contributed by atoms with Crippen LogP contribution in [0.15, 0.2) is 76.9 Å². The Morgan fingerprint density at radius 1 is 1.16 bits per heavy atom. The normalized spacial score (nSPS) is 16.9. The SMILES string of the molecule is CC1=NN(c2ccc(CCC#N)cc2)C(C=O)C1=NN(O)c1cccc2ccccc12. The molecule has 1 atom stereocenters. The molecule has 1 N–H and O–H groups in total. The van der Waals surface area contributed by atoms with Crippen molar-refractivity contribution in [2.75, 3.05) is 10.2 Å². The van der Waals surface area contributed by atoms with E-state index in [0.29, 0.717) is 30.0 Å². The maximum absolute atomic E-state index is 12.0. The van der Waals surface area contributed by atoms with Crippen molar-refractivity contribution in [2.45, 2.75) is 25.8 Å². The van der Waals surface area contributed by atoms with Gasteiger partial charge in [0.25, 0.3) is 0 Å². The van der Waals surface area contributed by atoms with Crippen LogP contribution in [0.2, 0.25) is 0 Å². The fourth-order valence-electron chi connectivity index (χ4n) is 3.63. The first-order valence-electron chi connectivity index (χ1n) is 9.93. The quantitative estimate of drug-likeness (QED) is 0.482. The third-order valence-electron chi connectivity index (χ3n) is 5.21. The molecule has 1 unspecified atom stereocenters. The summed E-state index contributed by atoms with van der Waals surface area (Å²) in [6, 6.07) is 22.2. The van der Waals surface area contributed by atoms with Crippen molar-refractivity contribution < 1.29 is 10.0 Å². The second-order valence-corrected chi connectivity index (χ2v) is 7.21. The fourth-order valence-corrected chi connectivity index (χ4v) is 3.63. The van der Waals surface area contributed by atoms with E-state index in [1.807, 2.05) is 60.7 Å². The van der Waals surface area contributed by atoms with Crippen molar-refractivity contribution in [1.82, 2.24) is 0 Å². The summed E-state index contributed by atoms with van der Waals surface area (Å²) in [5.41, 5.74) is 3.21. The van der Waals surface area contributed by atoms with Gasteiger partial charge in [-0.3, -0.25) is 5.21 Å². The van der Waals surface area contributed by atoms with Crippen molar-refractivity contribution in [1.29, 1.82) is 5.26 Å². The molecule has 1 aliphatic heterocycles. The molecular formula is C24H21N5O2. The summed E-state index contributed by atoms with van der Waals surface area (Å²) >= 11 is 0. The average Bonchev–Trinajstić information content (AvgIpc) is 3.12. The van der Waals surface area contributed by atoms with Crippen LogP contribution in [0.25, 0.3) is 10.8 Å². The van der Waals surface area contributed by atoms with Gasteiger partial charge in [0.15, 0.2) is 12.3 Å². The Bertz CT molecular complexity index is 1210. The molecule has 0 aromatic heterocycles. The lowest BCUT2D eigenvalue weighted by atomic mass is 10.1. The first kappa shape index (κ1) is 20.3. The van der Waals surface area contributed by atoms with Gasteiger partial charge in [0, 0.05) is 11.8 Å². The number of hydrogen-bond acceptors (Lipinski definition) is 7. The number of nitriles is 1. The van der Waals surface area contributed by atoms with Crippen LogP contribution in [0, 0.1) is 11.3 Å². The van der Waals surface area contributed by atoms with E-state index in [9.17, 15) is 10.0 Å². The summed E-state index contributed by atoms with van der Waals surface area (Å²) in [5, 5.41) is 32.5. The number of carbonyl (C=O) groups excluding carboxylic acids is 1. The Morgan fingerprint density at radius 3 is 2.65 bits per heavy atom. The van der Waals surface area contributed by atoms with Gasteiger partial charge < -0.3 is 4.79 Å². The molecule has 31 heavy (non-hydrogen) atoms. The van der Waals surface area contributed by atoms with Gasteiger partial charge in [-0.1, -0.05) is 48.5 Å². The van der Waals surface area contributed by atoms with Gasteiger partial charge in [-0.05, 0) is 42.5 Å². The summed E-state index contributed by atoms with van der Waals surface area (Å²) in [6.07, 6.45) is 1.89. The molecule has 154 valence electrons. The third kappa shape index (κ3) is 4.02. The molecule has 4 rings (SSSR count). The van der Waals surface area contributed by atoms with Crippen LogP contribution in [0.1, 0.15) is 18.9 Å². The van der Waals surface area contributed by atoms with Gasteiger partial charge in [0.05, 0.1) is 23.2 Å². The predicted octanol–water partition coefficient (Wildman–Crippen LogP) is 4.31. The summed E-state index contributed by atoms with van der Waals surface area (Å²) in [6.45, 7) is 1.76. The number of carbonyl (C=O) groups is 1. The number of hydrazone groups is 2. The molecule has 1 aliphatic rings. The number of nitrogens with zero attached hydrogens (tertiary/aromatic N) is 5. The monoisotopic (exact) mass is 411 g/mol. The standard InChI is InChI=1S/C24H21N5O2/c1-17-24(27-29(31)22-10-4-8-19-7-2-3-9-21(19)22)23(16-30)28(26-17)20-13-11-18(12-14-20)6-5-15-25/h2-4,7-14,16,23,31H,5-6H2,1H3. The van der Waals surface area contributed by atoms with Crippen LogP contribution in [0.4, 0.5) is 11.4 Å². The van der Waals surface area contributed by atoms with Crippen LogP contribution >= 0.6 is 0 Å². The van der Waals surface area contributed by atoms with Gasteiger partial charge in [-0.25, -0.2) is 5.01 Å². The number of fused-ring (bicyclic) bond motifs is 1. The highest BCUT2D eigenvalue weighted by Crippen LogP contribution is 2.28. The lowest BCUT2D eigenvalue weighted by Crippen LogP contribution is -2.36. The molecule has 7 heteroatoms. The van der Waals surface area contributed by atoms with Crippen LogP contribution in [0.5, 0.6) is 0 Å². The summed E-state index contributed by atoms with van der Waals surface area (Å²) in [5.74, 6) is 0. The van der Waals surface area contributed by atoms with Crippen LogP contribution in [-0.2, 0) is 11.2 Å². The Morgan fingerprint density at radius 2 is 1.90 bits per heavy atom. The second-order valence-electron chi connectivity index (χ2n) is 7.21.